The average molecular weight is 327 g/mol. The molecule has 0 aliphatic heterocycles. The Morgan fingerprint density at radius 2 is 1.88 bits per heavy atom. The first-order valence-electron chi connectivity index (χ1n) is 7.37. The molecule has 24 heavy (non-hydrogen) atoms. The highest BCUT2D eigenvalue weighted by atomic mass is 19.1. The summed E-state index contributed by atoms with van der Waals surface area (Å²) in [5, 5.41) is 9.35. The van der Waals surface area contributed by atoms with Crippen molar-refractivity contribution in [1.82, 2.24) is 15.5 Å². The first kappa shape index (κ1) is 15.9. The lowest BCUT2D eigenvalue weighted by Crippen LogP contribution is -2.23. The van der Waals surface area contributed by atoms with Gasteiger partial charge >= 0.3 is 0 Å². The normalized spacial score (nSPS) is 10.6. The van der Waals surface area contributed by atoms with Gasteiger partial charge in [-0.2, -0.15) is 5.10 Å². The van der Waals surface area contributed by atoms with Crippen LogP contribution in [0.3, 0.4) is 0 Å². The largest absolute Gasteiger partial charge is 0.347 e. The summed E-state index contributed by atoms with van der Waals surface area (Å²) < 4.78 is 26.4. The number of H-pyrrole nitrogens is 1. The number of carbonyl (C=O) groups is 1. The lowest BCUT2D eigenvalue weighted by atomic mass is 10.1. The Hall–Kier alpha value is -3.02. The molecule has 3 rings (SSSR count). The van der Waals surface area contributed by atoms with E-state index in [1.54, 1.807) is 6.07 Å². The Morgan fingerprint density at radius 3 is 2.58 bits per heavy atom. The monoisotopic (exact) mass is 327 g/mol. The molecule has 6 heteroatoms. The van der Waals surface area contributed by atoms with Crippen molar-refractivity contribution in [2.75, 3.05) is 0 Å². The summed E-state index contributed by atoms with van der Waals surface area (Å²) in [6.07, 6.45) is 0. The maximum atomic E-state index is 13.5. The van der Waals surface area contributed by atoms with Gasteiger partial charge in [0.05, 0.1) is 5.69 Å². The summed E-state index contributed by atoms with van der Waals surface area (Å²) in [6, 6.07) is 12.6. The van der Waals surface area contributed by atoms with Crippen molar-refractivity contribution >= 4 is 5.91 Å². The molecule has 0 radical (unpaired) electrons. The second-order valence-electron chi connectivity index (χ2n) is 5.45. The van der Waals surface area contributed by atoms with Crippen LogP contribution in [0.5, 0.6) is 0 Å². The standard InChI is InChI=1S/C18H15F2N3O/c1-11-2-4-12(5-3-11)16-9-17(23-22-16)18(24)21-10-13-6-7-14(19)8-15(13)20/h2-9H,10H2,1H3,(H,21,24)(H,22,23). The van der Waals surface area contributed by atoms with Crippen molar-refractivity contribution < 1.29 is 13.6 Å². The SMILES string of the molecule is Cc1ccc(-c2cc(C(=O)NCc3ccc(F)cc3F)[nH]n2)cc1. The van der Waals surface area contributed by atoms with Gasteiger partial charge in [0.15, 0.2) is 0 Å². The molecule has 0 atom stereocenters. The van der Waals surface area contributed by atoms with E-state index in [0.717, 1.165) is 23.3 Å². The summed E-state index contributed by atoms with van der Waals surface area (Å²) >= 11 is 0. The van der Waals surface area contributed by atoms with Crippen molar-refractivity contribution in [3.05, 3.63) is 77.0 Å². The molecule has 1 heterocycles. The fourth-order valence-electron chi connectivity index (χ4n) is 2.25. The Bertz CT molecular complexity index is 872. The van der Waals surface area contributed by atoms with Crippen LogP contribution >= 0.6 is 0 Å². The summed E-state index contributed by atoms with van der Waals surface area (Å²) in [7, 11) is 0. The molecule has 0 saturated carbocycles. The van der Waals surface area contributed by atoms with E-state index in [1.807, 2.05) is 31.2 Å². The van der Waals surface area contributed by atoms with Crippen molar-refractivity contribution in [3.8, 4) is 11.3 Å². The number of aromatic amines is 1. The van der Waals surface area contributed by atoms with E-state index in [0.29, 0.717) is 5.69 Å². The lowest BCUT2D eigenvalue weighted by molar-refractivity contribution is 0.0945. The second kappa shape index (κ2) is 6.62. The number of benzene rings is 2. The van der Waals surface area contributed by atoms with Crippen molar-refractivity contribution in [2.45, 2.75) is 13.5 Å². The van der Waals surface area contributed by atoms with Gasteiger partial charge in [0.1, 0.15) is 17.3 Å². The first-order valence-corrected chi connectivity index (χ1v) is 7.37. The van der Waals surface area contributed by atoms with Crippen LogP contribution in [-0.2, 0) is 6.54 Å². The van der Waals surface area contributed by atoms with E-state index in [1.165, 1.54) is 6.07 Å². The molecule has 3 aromatic rings. The van der Waals surface area contributed by atoms with Crippen LogP contribution in [-0.4, -0.2) is 16.1 Å². The molecule has 4 nitrogen and oxygen atoms in total. The van der Waals surface area contributed by atoms with Gasteiger partial charge in [-0.15, -0.1) is 0 Å². The topological polar surface area (TPSA) is 57.8 Å². The maximum Gasteiger partial charge on any atom is 0.269 e. The summed E-state index contributed by atoms with van der Waals surface area (Å²) in [5.41, 5.74) is 3.15. The van der Waals surface area contributed by atoms with Crippen LogP contribution in [0.2, 0.25) is 0 Å². The van der Waals surface area contributed by atoms with Crippen LogP contribution in [0.15, 0.2) is 48.5 Å². The molecule has 0 fully saturated rings. The molecule has 2 N–H and O–H groups in total. The Balaban J connectivity index is 1.68. The molecule has 0 aliphatic carbocycles. The number of nitrogens with one attached hydrogen (secondary N) is 2. The Labute approximate surface area is 137 Å². The molecular weight excluding hydrogens is 312 g/mol. The van der Waals surface area contributed by atoms with Crippen molar-refractivity contribution in [3.63, 3.8) is 0 Å². The number of amides is 1. The van der Waals surface area contributed by atoms with E-state index in [9.17, 15) is 13.6 Å². The number of rotatable bonds is 4. The van der Waals surface area contributed by atoms with Gasteiger partial charge in [-0.25, -0.2) is 8.78 Å². The molecule has 0 unspecified atom stereocenters. The Kier molecular flexibility index (Phi) is 4.37. The summed E-state index contributed by atoms with van der Waals surface area (Å²) in [4.78, 5) is 12.1. The van der Waals surface area contributed by atoms with Gasteiger partial charge in [0.25, 0.3) is 5.91 Å². The number of halogens is 2. The van der Waals surface area contributed by atoms with Gasteiger partial charge in [0.2, 0.25) is 0 Å². The van der Waals surface area contributed by atoms with Gasteiger partial charge in [-0.1, -0.05) is 35.9 Å². The van der Waals surface area contributed by atoms with Crippen LogP contribution in [0, 0.1) is 18.6 Å². The highest BCUT2D eigenvalue weighted by Gasteiger charge is 2.12. The number of carbonyl (C=O) groups excluding carboxylic acids is 1. The molecule has 0 saturated heterocycles. The van der Waals surface area contributed by atoms with Gasteiger partial charge in [0, 0.05) is 23.7 Å². The molecule has 0 spiro atoms. The second-order valence-corrected chi connectivity index (χ2v) is 5.45. The number of hydrogen-bond donors (Lipinski definition) is 2. The minimum atomic E-state index is -0.694. The van der Waals surface area contributed by atoms with Gasteiger partial charge in [-0.05, 0) is 19.1 Å². The molecule has 0 aliphatic rings. The molecule has 2 aromatic carbocycles. The third-order valence-corrected chi connectivity index (χ3v) is 3.62. The number of hydrogen-bond acceptors (Lipinski definition) is 2. The molecule has 0 bridgehead atoms. The summed E-state index contributed by atoms with van der Waals surface area (Å²) in [5.74, 6) is -1.76. The van der Waals surface area contributed by atoms with E-state index in [-0.39, 0.29) is 17.8 Å². The molecular formula is C18H15F2N3O. The molecule has 1 amide bonds. The average Bonchev–Trinajstić information content (AvgIpc) is 3.04. The fourth-order valence-corrected chi connectivity index (χ4v) is 2.25. The quantitative estimate of drug-likeness (QED) is 0.769. The first-order chi connectivity index (χ1) is 11.5. The highest BCUT2D eigenvalue weighted by molar-refractivity contribution is 5.93. The minimum absolute atomic E-state index is 0.0379. The van der Waals surface area contributed by atoms with Crippen LogP contribution in [0.4, 0.5) is 8.78 Å². The van der Waals surface area contributed by atoms with E-state index >= 15 is 0 Å². The zero-order chi connectivity index (χ0) is 17.1. The maximum absolute atomic E-state index is 13.5. The smallest absolute Gasteiger partial charge is 0.269 e. The lowest BCUT2D eigenvalue weighted by Gasteiger charge is -2.05. The number of nitrogens with zero attached hydrogens (tertiary/aromatic N) is 1. The molecule has 122 valence electrons. The summed E-state index contributed by atoms with van der Waals surface area (Å²) in [6.45, 7) is 1.95. The number of aromatic nitrogens is 2. The minimum Gasteiger partial charge on any atom is -0.347 e. The van der Waals surface area contributed by atoms with Crippen molar-refractivity contribution in [1.29, 1.82) is 0 Å². The van der Waals surface area contributed by atoms with E-state index in [2.05, 4.69) is 15.5 Å². The van der Waals surface area contributed by atoms with Gasteiger partial charge < -0.3 is 5.32 Å². The van der Waals surface area contributed by atoms with Crippen LogP contribution in [0.1, 0.15) is 21.6 Å². The van der Waals surface area contributed by atoms with Gasteiger partial charge in [-0.3, -0.25) is 9.89 Å². The zero-order valence-electron chi connectivity index (χ0n) is 12.9. The van der Waals surface area contributed by atoms with E-state index < -0.39 is 17.5 Å². The van der Waals surface area contributed by atoms with E-state index in [4.69, 9.17) is 0 Å². The zero-order valence-corrected chi connectivity index (χ0v) is 12.9. The third kappa shape index (κ3) is 3.48. The fraction of sp³-hybridized carbons (Fsp3) is 0.111. The van der Waals surface area contributed by atoms with Crippen LogP contribution in [0.25, 0.3) is 11.3 Å². The Morgan fingerprint density at radius 1 is 1.12 bits per heavy atom. The predicted molar refractivity (Wildman–Crippen MR) is 86.3 cm³/mol. The molecule has 1 aromatic heterocycles. The number of aryl methyl sites for hydroxylation is 1. The van der Waals surface area contributed by atoms with Crippen LogP contribution < -0.4 is 5.32 Å². The van der Waals surface area contributed by atoms with Crippen molar-refractivity contribution in [2.24, 2.45) is 0 Å². The highest BCUT2D eigenvalue weighted by Crippen LogP contribution is 2.18. The third-order valence-electron chi connectivity index (χ3n) is 3.62. The predicted octanol–water partition coefficient (Wildman–Crippen LogP) is 3.59.